The summed E-state index contributed by atoms with van der Waals surface area (Å²) in [5, 5.41) is 1.48. The number of Topliss-reactive ketones (excluding diaryl/α,β-unsaturated/α-hetero) is 1. The van der Waals surface area contributed by atoms with Gasteiger partial charge in [-0.15, -0.1) is 0 Å². The zero-order valence-electron chi connectivity index (χ0n) is 11.2. The Bertz CT molecular complexity index is 869. The number of hydrogen-bond donors (Lipinski definition) is 0. The molecule has 4 heteroatoms. The van der Waals surface area contributed by atoms with Gasteiger partial charge in [0.05, 0.1) is 11.0 Å². The number of pyridine rings is 2. The van der Waals surface area contributed by atoms with Crippen molar-refractivity contribution in [2.45, 2.75) is 13.8 Å². The highest BCUT2D eigenvalue weighted by atomic mass is 16.2. The Morgan fingerprint density at radius 3 is 2.35 bits per heavy atom. The molecule has 0 unspecified atom stereocenters. The molecule has 0 N–H and O–H groups in total. The lowest BCUT2D eigenvalue weighted by molar-refractivity contribution is -0.104. The third kappa shape index (κ3) is 1.86. The average Bonchev–Trinajstić information content (AvgIpc) is 2.45. The third-order valence-electron chi connectivity index (χ3n) is 3.29. The van der Waals surface area contributed by atoms with E-state index in [-0.39, 0.29) is 0 Å². The number of fused-ring (bicyclic) bond motifs is 3. The molecule has 0 saturated carbocycles. The van der Waals surface area contributed by atoms with Crippen molar-refractivity contribution >= 4 is 33.9 Å². The van der Waals surface area contributed by atoms with Crippen molar-refractivity contribution in [3.63, 3.8) is 0 Å². The van der Waals surface area contributed by atoms with E-state index >= 15 is 0 Å². The van der Waals surface area contributed by atoms with Crippen LogP contribution in [0.2, 0.25) is 0 Å². The molecular formula is C16H12N2O2. The van der Waals surface area contributed by atoms with Crippen molar-refractivity contribution in [1.82, 2.24) is 9.97 Å². The summed E-state index contributed by atoms with van der Waals surface area (Å²) in [6, 6.07) is 9.11. The van der Waals surface area contributed by atoms with E-state index in [9.17, 15) is 9.59 Å². The summed E-state index contributed by atoms with van der Waals surface area (Å²) >= 11 is 0. The lowest BCUT2D eigenvalue weighted by atomic mass is 10.0. The molecule has 0 saturated heterocycles. The molecule has 0 spiro atoms. The molecule has 0 atom stereocenters. The number of ketones is 1. The second-order valence-corrected chi connectivity index (χ2v) is 4.78. The first-order chi connectivity index (χ1) is 9.60. The van der Waals surface area contributed by atoms with Crippen LogP contribution in [0.5, 0.6) is 0 Å². The SMILES string of the molecule is Cc1ccc2cc(C(=O)C=O)c3ccc(C)nc3c2n1. The normalized spacial score (nSPS) is 10.9. The maximum atomic E-state index is 11.8. The van der Waals surface area contributed by atoms with Gasteiger partial charge in [-0.25, -0.2) is 0 Å². The quantitative estimate of drug-likeness (QED) is 0.309. The minimum absolute atomic E-state index is 0.335. The minimum Gasteiger partial charge on any atom is -0.294 e. The van der Waals surface area contributed by atoms with Crippen molar-refractivity contribution in [2.75, 3.05) is 0 Å². The lowest BCUT2D eigenvalue weighted by Crippen LogP contribution is -2.03. The molecule has 0 radical (unpaired) electrons. The highest BCUT2D eigenvalue weighted by Gasteiger charge is 2.14. The summed E-state index contributed by atoms with van der Waals surface area (Å²) in [6.45, 7) is 3.79. The maximum absolute atomic E-state index is 11.8. The van der Waals surface area contributed by atoms with Gasteiger partial charge in [0.2, 0.25) is 5.78 Å². The molecular weight excluding hydrogens is 252 g/mol. The molecule has 3 rings (SSSR count). The highest BCUT2D eigenvalue weighted by molar-refractivity contribution is 6.37. The van der Waals surface area contributed by atoms with E-state index in [1.807, 2.05) is 38.1 Å². The van der Waals surface area contributed by atoms with Crippen molar-refractivity contribution in [1.29, 1.82) is 0 Å². The zero-order valence-corrected chi connectivity index (χ0v) is 11.2. The fraction of sp³-hybridized carbons (Fsp3) is 0.125. The summed E-state index contributed by atoms with van der Waals surface area (Å²) in [6.07, 6.45) is 0.335. The molecule has 0 aliphatic rings. The Morgan fingerprint density at radius 2 is 1.65 bits per heavy atom. The van der Waals surface area contributed by atoms with Crippen LogP contribution in [0, 0.1) is 13.8 Å². The van der Waals surface area contributed by atoms with E-state index in [0.29, 0.717) is 22.8 Å². The standard InChI is InChI=1S/C16H12N2O2/c1-9-3-5-11-7-13(14(20)8-19)12-6-4-10(2)18-16(12)15(11)17-9/h3-8H,1-2H3. The number of carbonyl (C=O) groups is 2. The van der Waals surface area contributed by atoms with Gasteiger partial charge in [0.15, 0.2) is 6.29 Å². The van der Waals surface area contributed by atoms with Crippen molar-refractivity contribution in [3.05, 3.63) is 47.3 Å². The van der Waals surface area contributed by atoms with Crippen LogP contribution in [-0.4, -0.2) is 22.0 Å². The molecule has 0 aliphatic heterocycles. The molecule has 0 bridgehead atoms. The van der Waals surface area contributed by atoms with Crippen LogP contribution in [0.4, 0.5) is 0 Å². The third-order valence-corrected chi connectivity index (χ3v) is 3.29. The van der Waals surface area contributed by atoms with E-state index in [1.54, 1.807) is 6.07 Å². The van der Waals surface area contributed by atoms with Crippen LogP contribution in [0.3, 0.4) is 0 Å². The van der Waals surface area contributed by atoms with E-state index < -0.39 is 5.78 Å². The number of rotatable bonds is 2. The number of benzene rings is 1. The van der Waals surface area contributed by atoms with Crippen LogP contribution in [0.15, 0.2) is 30.3 Å². The van der Waals surface area contributed by atoms with Crippen LogP contribution in [0.25, 0.3) is 21.8 Å². The number of aryl methyl sites for hydroxylation is 2. The number of hydrogen-bond acceptors (Lipinski definition) is 4. The van der Waals surface area contributed by atoms with Crippen molar-refractivity contribution in [2.24, 2.45) is 0 Å². The molecule has 20 heavy (non-hydrogen) atoms. The first-order valence-electron chi connectivity index (χ1n) is 6.27. The Labute approximate surface area is 115 Å². The Balaban J connectivity index is 2.55. The zero-order chi connectivity index (χ0) is 14.3. The summed E-state index contributed by atoms with van der Waals surface area (Å²) in [7, 11) is 0. The number of aromatic nitrogens is 2. The molecule has 3 aromatic rings. The Kier molecular flexibility index (Phi) is 2.79. The number of aldehydes is 1. The summed E-state index contributed by atoms with van der Waals surface area (Å²) in [5.41, 5.74) is 3.53. The van der Waals surface area contributed by atoms with Gasteiger partial charge in [0.1, 0.15) is 0 Å². The van der Waals surface area contributed by atoms with E-state index in [1.165, 1.54) is 0 Å². The van der Waals surface area contributed by atoms with Gasteiger partial charge >= 0.3 is 0 Å². The van der Waals surface area contributed by atoms with E-state index in [2.05, 4.69) is 9.97 Å². The fourth-order valence-electron chi connectivity index (χ4n) is 2.33. The summed E-state index contributed by atoms with van der Waals surface area (Å²) in [5.74, 6) is -0.539. The molecule has 2 aromatic heterocycles. The predicted octanol–water partition coefficient (Wildman–Crippen LogP) is 2.78. The molecule has 98 valence electrons. The van der Waals surface area contributed by atoms with Crippen LogP contribution < -0.4 is 0 Å². The van der Waals surface area contributed by atoms with Gasteiger partial charge in [-0.2, -0.15) is 0 Å². The molecule has 2 heterocycles. The largest absolute Gasteiger partial charge is 0.294 e. The van der Waals surface area contributed by atoms with Gasteiger partial charge in [-0.1, -0.05) is 12.1 Å². The van der Waals surface area contributed by atoms with E-state index in [4.69, 9.17) is 0 Å². The molecule has 0 aliphatic carbocycles. The number of carbonyl (C=O) groups excluding carboxylic acids is 2. The highest BCUT2D eigenvalue weighted by Crippen LogP contribution is 2.27. The van der Waals surface area contributed by atoms with Gasteiger partial charge in [-0.3, -0.25) is 19.6 Å². The molecule has 4 nitrogen and oxygen atoms in total. The molecule has 0 amide bonds. The number of nitrogens with zero attached hydrogens (tertiary/aromatic N) is 2. The monoisotopic (exact) mass is 264 g/mol. The van der Waals surface area contributed by atoms with E-state index in [0.717, 1.165) is 22.3 Å². The smallest absolute Gasteiger partial charge is 0.226 e. The van der Waals surface area contributed by atoms with Crippen LogP contribution in [-0.2, 0) is 4.79 Å². The summed E-state index contributed by atoms with van der Waals surface area (Å²) < 4.78 is 0. The van der Waals surface area contributed by atoms with Gasteiger partial charge in [0, 0.05) is 27.7 Å². The Morgan fingerprint density at radius 1 is 1.00 bits per heavy atom. The fourth-order valence-corrected chi connectivity index (χ4v) is 2.33. The second kappa shape index (κ2) is 4.49. The second-order valence-electron chi connectivity index (χ2n) is 4.78. The van der Waals surface area contributed by atoms with Gasteiger partial charge in [0.25, 0.3) is 0 Å². The molecule has 0 fully saturated rings. The van der Waals surface area contributed by atoms with Gasteiger partial charge < -0.3 is 0 Å². The first kappa shape index (κ1) is 12.4. The lowest BCUT2D eigenvalue weighted by Gasteiger charge is -2.08. The predicted molar refractivity (Wildman–Crippen MR) is 76.9 cm³/mol. The Hall–Kier alpha value is -2.62. The minimum atomic E-state index is -0.539. The average molecular weight is 264 g/mol. The topological polar surface area (TPSA) is 59.9 Å². The summed E-state index contributed by atoms with van der Waals surface area (Å²) in [4.78, 5) is 31.6. The molecule has 1 aromatic carbocycles. The van der Waals surface area contributed by atoms with Crippen LogP contribution >= 0.6 is 0 Å². The van der Waals surface area contributed by atoms with Crippen LogP contribution in [0.1, 0.15) is 21.7 Å². The van der Waals surface area contributed by atoms with Crippen molar-refractivity contribution in [3.8, 4) is 0 Å². The first-order valence-corrected chi connectivity index (χ1v) is 6.27. The van der Waals surface area contributed by atoms with Gasteiger partial charge in [-0.05, 0) is 32.0 Å². The maximum Gasteiger partial charge on any atom is 0.226 e. The van der Waals surface area contributed by atoms with Crippen molar-refractivity contribution < 1.29 is 9.59 Å².